The molecule has 14 rings (SSSR count). The van der Waals surface area contributed by atoms with Crippen LogP contribution in [0.25, 0.3) is 28.1 Å². The Kier molecular flexibility index (Phi) is 20.5. The zero-order chi connectivity index (χ0) is 67.5. The standard InChI is InChI=1S/C83H101N5O10/c1-52(2)42-81(3,93)49-85-50-87-73-23-11-22-62(46-89)96-72-40-58(38-57(77(72)92)25-24-54-17-9-6-10-18-54)80-83(73,95-51-88-61-21-13-34-82(43-61)33-12-20-60(82)48-94-4)44-69-66-41-68-74(56-26-30-70-55(37-56)32-36-86-70)59(45-84-35-14-19-53-15-7-5-8-16-53)39-67-71(91)31-29-64(75(67)68)76(66)79-65(78(69)98-80)28-27-63(47-90)97-79/h5-10,15-18,26,29-32,36-40,52,60-63,68,73-74,80,84-93H,12-14,19-22,24-25,27-28,33-35,41-51H2,1-4H3. The number of fused-ring (bicyclic) bond motifs is 12. The first-order chi connectivity index (χ1) is 47.7. The van der Waals surface area contributed by atoms with Crippen molar-refractivity contribution in [1.29, 1.82) is 0 Å². The molecular weight excluding hydrogens is 1230 g/mol. The van der Waals surface area contributed by atoms with Crippen LogP contribution in [0.1, 0.15) is 165 Å². The lowest BCUT2D eigenvalue weighted by Crippen LogP contribution is -2.62. The van der Waals surface area contributed by atoms with Crippen molar-refractivity contribution < 1.29 is 49.2 Å². The van der Waals surface area contributed by atoms with Gasteiger partial charge in [0.15, 0.2) is 17.6 Å². The van der Waals surface area contributed by atoms with Crippen LogP contribution in [0.15, 0.2) is 121 Å². The number of benzene rings is 6. The van der Waals surface area contributed by atoms with Crippen molar-refractivity contribution in [3.05, 3.63) is 177 Å². The number of phenolic OH excluding ortho intramolecular Hbond substituents is 2. The molecule has 7 aromatic rings. The highest BCUT2D eigenvalue weighted by Crippen LogP contribution is 2.62. The van der Waals surface area contributed by atoms with Gasteiger partial charge in [-0.25, -0.2) is 0 Å². The zero-order valence-corrected chi connectivity index (χ0v) is 57.7. The van der Waals surface area contributed by atoms with Gasteiger partial charge in [-0.05, 0) is 218 Å². The summed E-state index contributed by atoms with van der Waals surface area (Å²) in [6, 6.07) is 37.2. The number of aromatic nitrogens is 1. The zero-order valence-electron chi connectivity index (χ0n) is 57.7. The minimum absolute atomic E-state index is 0.00411. The van der Waals surface area contributed by atoms with Gasteiger partial charge in [-0.1, -0.05) is 111 Å². The molecule has 0 saturated heterocycles. The van der Waals surface area contributed by atoms with Gasteiger partial charge in [-0.15, -0.1) is 0 Å². The smallest absolute Gasteiger partial charge is 0.162 e. The van der Waals surface area contributed by atoms with E-state index in [2.05, 4.69) is 137 Å². The molecule has 7 aliphatic rings. The van der Waals surface area contributed by atoms with E-state index >= 15 is 0 Å². The molecule has 3 aliphatic heterocycles. The summed E-state index contributed by atoms with van der Waals surface area (Å²) in [7, 11) is 1.84. The number of aromatic amines is 1. The van der Waals surface area contributed by atoms with E-state index in [9.17, 15) is 25.5 Å². The molecule has 0 radical (unpaired) electrons. The van der Waals surface area contributed by atoms with Gasteiger partial charge in [-0.2, -0.15) is 0 Å². The molecule has 15 nitrogen and oxygen atoms in total. The van der Waals surface area contributed by atoms with Gasteiger partial charge in [0, 0.05) is 92.2 Å². The minimum Gasteiger partial charge on any atom is -0.507 e. The number of aromatic hydroxyl groups is 2. The Morgan fingerprint density at radius 2 is 1.59 bits per heavy atom. The van der Waals surface area contributed by atoms with E-state index in [0.717, 1.165) is 106 Å². The van der Waals surface area contributed by atoms with Crippen molar-refractivity contribution in [1.82, 2.24) is 26.3 Å². The number of rotatable bonds is 25. The minimum atomic E-state index is -1.36. The highest BCUT2D eigenvalue weighted by molar-refractivity contribution is 5.90. The second-order valence-electron chi connectivity index (χ2n) is 30.1. The second kappa shape index (κ2) is 29.6. The first-order valence-corrected chi connectivity index (χ1v) is 36.5. The van der Waals surface area contributed by atoms with Crippen LogP contribution in [-0.4, -0.2) is 126 Å². The number of ether oxygens (including phenoxy) is 5. The monoisotopic (exact) mass is 1330 g/mol. The topological polar surface area (TPSA) is 211 Å². The molecule has 2 fully saturated rings. The predicted octanol–water partition coefficient (Wildman–Crippen LogP) is 12.6. The molecule has 6 aromatic carbocycles. The summed E-state index contributed by atoms with van der Waals surface area (Å²) in [6.45, 7) is 8.55. The Morgan fingerprint density at radius 3 is 2.38 bits per heavy atom. The fraction of sp³-hybridized carbons (Fsp3) is 0.494. The van der Waals surface area contributed by atoms with E-state index in [4.69, 9.17) is 23.7 Å². The molecule has 2 saturated carbocycles. The van der Waals surface area contributed by atoms with E-state index < -0.39 is 35.6 Å². The van der Waals surface area contributed by atoms with Gasteiger partial charge in [0.05, 0.1) is 25.5 Å². The van der Waals surface area contributed by atoms with Gasteiger partial charge in [0.1, 0.15) is 41.1 Å². The summed E-state index contributed by atoms with van der Waals surface area (Å²) < 4.78 is 36.0. The van der Waals surface area contributed by atoms with Crippen LogP contribution in [0.3, 0.4) is 0 Å². The van der Waals surface area contributed by atoms with E-state index in [-0.39, 0.29) is 79.5 Å². The number of phenols is 2. The van der Waals surface area contributed by atoms with Crippen LogP contribution >= 0.6 is 0 Å². The van der Waals surface area contributed by atoms with Crippen molar-refractivity contribution in [3.63, 3.8) is 0 Å². The Balaban J connectivity index is 0.949. The van der Waals surface area contributed by atoms with Gasteiger partial charge in [0.25, 0.3) is 0 Å². The van der Waals surface area contributed by atoms with Gasteiger partial charge in [-0.3, -0.25) is 10.6 Å². The van der Waals surface area contributed by atoms with Crippen molar-refractivity contribution in [3.8, 4) is 51.7 Å². The molecule has 1 spiro atoms. The Bertz CT molecular complexity index is 4050. The number of aliphatic hydroxyl groups is 3. The molecule has 518 valence electrons. The molecule has 4 heterocycles. The van der Waals surface area contributed by atoms with Crippen LogP contribution < -0.4 is 35.5 Å². The highest BCUT2D eigenvalue weighted by atomic mass is 16.6. The van der Waals surface area contributed by atoms with Gasteiger partial charge < -0.3 is 64.8 Å². The van der Waals surface area contributed by atoms with E-state index in [1.807, 2.05) is 50.6 Å². The normalized spacial score (nSPS) is 25.8. The van der Waals surface area contributed by atoms with Gasteiger partial charge in [0.2, 0.25) is 0 Å². The number of aliphatic hydroxyl groups excluding tert-OH is 2. The Hall–Kier alpha value is -7.20. The fourth-order valence-electron chi connectivity index (χ4n) is 18.4. The Labute approximate surface area is 578 Å². The van der Waals surface area contributed by atoms with Crippen LogP contribution in [0.2, 0.25) is 0 Å². The summed E-state index contributed by atoms with van der Waals surface area (Å²) in [5, 5.41) is 75.3. The highest BCUT2D eigenvalue weighted by Gasteiger charge is 2.56. The van der Waals surface area contributed by atoms with Gasteiger partial charge >= 0.3 is 0 Å². The number of hydrogen-bond donors (Lipinski definition) is 10. The largest absolute Gasteiger partial charge is 0.507 e. The molecule has 0 amide bonds. The fourth-order valence-corrected chi connectivity index (χ4v) is 18.4. The third kappa shape index (κ3) is 13.9. The summed E-state index contributed by atoms with van der Waals surface area (Å²) in [6.07, 6.45) is 15.7. The van der Waals surface area contributed by atoms with Crippen molar-refractivity contribution in [2.24, 2.45) is 17.3 Å². The lowest BCUT2D eigenvalue weighted by molar-refractivity contribution is -0.145. The maximum Gasteiger partial charge on any atom is 0.162 e. The number of methoxy groups -OCH3 is 1. The molecule has 2 bridgehead atoms. The SMILES string of the molecule is COCC1CCCC12CCCC(NCOC13Cc4c5c(c6c(c4OC1c1cc(CCc4ccccc4)c(O)c(c1)OC(CO)CC#CC3NCNCC(C)(O)CC(C)C)CCC(CO)O6)-c1ccc(O)c3c1C(C5)C(c1ccc4[nH]ccc4c1)C(CNCCCc1ccccc1)=C3)C2. The Morgan fingerprint density at radius 1 is 0.796 bits per heavy atom. The van der Waals surface area contributed by atoms with E-state index in [1.54, 1.807) is 0 Å². The summed E-state index contributed by atoms with van der Waals surface area (Å²) in [4.78, 5) is 3.44. The second-order valence-corrected chi connectivity index (χ2v) is 30.1. The third-order valence-electron chi connectivity index (χ3n) is 22.8. The molecular formula is C83H101N5O10. The first-order valence-electron chi connectivity index (χ1n) is 36.5. The van der Waals surface area contributed by atoms with Crippen molar-refractivity contribution >= 4 is 17.0 Å². The first kappa shape index (κ1) is 68.0. The number of aryl methyl sites for hydroxylation is 3. The average molecular weight is 1330 g/mol. The average Bonchev–Trinajstić information content (AvgIpc) is 0.898. The lowest BCUT2D eigenvalue weighted by Gasteiger charge is -2.50. The number of hydrogen-bond acceptors (Lipinski definition) is 14. The molecule has 11 unspecified atom stereocenters. The van der Waals surface area contributed by atoms with Crippen LogP contribution in [0.4, 0.5) is 0 Å². The predicted molar refractivity (Wildman–Crippen MR) is 385 cm³/mol. The number of H-pyrrole nitrogens is 1. The summed E-state index contributed by atoms with van der Waals surface area (Å²) >= 11 is 0. The van der Waals surface area contributed by atoms with Crippen molar-refractivity contribution in [2.45, 2.75) is 183 Å². The van der Waals surface area contributed by atoms with Crippen LogP contribution in [0, 0.1) is 29.1 Å². The third-order valence-corrected chi connectivity index (χ3v) is 22.8. The summed E-state index contributed by atoms with van der Waals surface area (Å²) in [5.74, 6) is 9.61. The van der Waals surface area contributed by atoms with Crippen LogP contribution in [0.5, 0.6) is 28.7 Å². The molecule has 98 heavy (non-hydrogen) atoms. The summed E-state index contributed by atoms with van der Waals surface area (Å²) in [5.41, 5.74) is 11.9. The molecule has 15 heteroatoms. The molecule has 10 N–H and O–H groups in total. The van der Waals surface area contributed by atoms with E-state index in [0.29, 0.717) is 81.0 Å². The maximum absolute atomic E-state index is 12.5. The molecule has 1 aromatic heterocycles. The molecule has 4 aliphatic carbocycles. The van der Waals surface area contributed by atoms with Crippen LogP contribution in [-0.2, 0) is 48.0 Å². The van der Waals surface area contributed by atoms with Crippen molar-refractivity contribution in [2.75, 3.05) is 60.0 Å². The quantitative estimate of drug-likeness (QED) is 0.0147. The number of nitrogens with one attached hydrogen (secondary N) is 5. The maximum atomic E-state index is 12.5. The van der Waals surface area contributed by atoms with E-state index in [1.165, 1.54) is 42.4 Å². The lowest BCUT2D eigenvalue weighted by atomic mass is 9.62. The molecule has 11 atom stereocenters.